The first-order chi connectivity index (χ1) is 10.5. The molecule has 2 rings (SSSR count). The van der Waals surface area contributed by atoms with E-state index in [2.05, 4.69) is 5.32 Å². The number of halogens is 1. The summed E-state index contributed by atoms with van der Waals surface area (Å²) in [4.78, 5) is 13.2. The first-order valence-corrected chi connectivity index (χ1v) is 8.08. The molecule has 0 unspecified atom stereocenters. The summed E-state index contributed by atoms with van der Waals surface area (Å²) in [5.41, 5.74) is 0.841. The van der Waals surface area contributed by atoms with Gasteiger partial charge in [-0.05, 0) is 42.2 Å². The van der Waals surface area contributed by atoms with E-state index in [1.54, 1.807) is 17.4 Å². The Bertz CT molecular complexity index is 639. The zero-order valence-electron chi connectivity index (χ0n) is 12.7. The maximum atomic E-state index is 13.3. The van der Waals surface area contributed by atoms with Crippen molar-refractivity contribution in [1.82, 2.24) is 5.32 Å². The lowest BCUT2D eigenvalue weighted by Crippen LogP contribution is -2.37. The van der Waals surface area contributed by atoms with E-state index in [-0.39, 0.29) is 5.82 Å². The second kappa shape index (κ2) is 7.51. The van der Waals surface area contributed by atoms with Gasteiger partial charge in [-0.2, -0.15) is 0 Å². The number of hydrogen-bond donors (Lipinski definition) is 2. The molecule has 0 radical (unpaired) electrons. The molecule has 0 aliphatic rings. The van der Waals surface area contributed by atoms with Gasteiger partial charge in [-0.3, -0.25) is 10.1 Å². The predicted octanol–water partition coefficient (Wildman–Crippen LogP) is 4.14. The molecule has 118 valence electrons. The monoisotopic (exact) mass is 321 g/mol. The number of benzene rings is 1. The molecule has 2 aromatic rings. The number of rotatable bonds is 7. The first kappa shape index (κ1) is 16.6. The van der Waals surface area contributed by atoms with Gasteiger partial charge in [0.15, 0.2) is 0 Å². The molecule has 0 spiro atoms. The molecule has 22 heavy (non-hydrogen) atoms. The number of nitrogens with one attached hydrogen (secondary N) is 1. The molecule has 0 bridgehead atoms. The van der Waals surface area contributed by atoms with Crippen LogP contribution in [-0.2, 0) is 11.3 Å². The molecule has 0 aliphatic carbocycles. The van der Waals surface area contributed by atoms with Crippen LogP contribution in [0.3, 0.4) is 0 Å². The molecule has 1 aromatic heterocycles. The van der Waals surface area contributed by atoms with E-state index in [1.165, 1.54) is 12.1 Å². The second-order valence-electron chi connectivity index (χ2n) is 5.68. The van der Waals surface area contributed by atoms with Crippen molar-refractivity contribution in [2.45, 2.75) is 32.9 Å². The van der Waals surface area contributed by atoms with E-state index >= 15 is 0 Å². The van der Waals surface area contributed by atoms with E-state index in [4.69, 9.17) is 0 Å². The number of thiophene rings is 1. The number of carboxylic acid groups (broad SMARTS) is 1. The van der Waals surface area contributed by atoms with Crippen LogP contribution in [0.2, 0.25) is 0 Å². The maximum absolute atomic E-state index is 13.3. The number of carbonyl (C=O) groups is 1. The molecule has 0 saturated carbocycles. The Kier molecular flexibility index (Phi) is 5.69. The highest BCUT2D eigenvalue weighted by Gasteiger charge is 2.18. The van der Waals surface area contributed by atoms with Gasteiger partial charge >= 0.3 is 5.97 Å². The minimum Gasteiger partial charge on any atom is -0.480 e. The smallest absolute Gasteiger partial charge is 0.320 e. The summed E-state index contributed by atoms with van der Waals surface area (Å²) in [7, 11) is 0. The minimum atomic E-state index is -0.824. The summed E-state index contributed by atoms with van der Waals surface area (Å²) in [6, 6.07) is 9.82. The lowest BCUT2D eigenvalue weighted by molar-refractivity contribution is -0.140. The van der Waals surface area contributed by atoms with Gasteiger partial charge in [-0.25, -0.2) is 4.39 Å². The summed E-state index contributed by atoms with van der Waals surface area (Å²) in [5, 5.41) is 12.3. The predicted molar refractivity (Wildman–Crippen MR) is 87.4 cm³/mol. The summed E-state index contributed by atoms with van der Waals surface area (Å²) in [5.74, 6) is -0.760. The molecular formula is C17H20FNO2S. The molecule has 0 fully saturated rings. The fraction of sp³-hybridized carbons (Fsp3) is 0.353. The van der Waals surface area contributed by atoms with E-state index in [0.29, 0.717) is 18.9 Å². The Morgan fingerprint density at radius 3 is 2.73 bits per heavy atom. The van der Waals surface area contributed by atoms with Gasteiger partial charge in [-0.15, -0.1) is 11.3 Å². The normalized spacial score (nSPS) is 12.5. The zero-order chi connectivity index (χ0) is 16.1. The number of carboxylic acids is 1. The second-order valence-corrected chi connectivity index (χ2v) is 6.85. The largest absolute Gasteiger partial charge is 0.480 e. The van der Waals surface area contributed by atoms with Gasteiger partial charge in [0.25, 0.3) is 0 Å². The molecular weight excluding hydrogens is 301 g/mol. The highest BCUT2D eigenvalue weighted by molar-refractivity contribution is 7.15. The Balaban J connectivity index is 2.01. The van der Waals surface area contributed by atoms with Crippen LogP contribution in [0.4, 0.5) is 4.39 Å². The lowest BCUT2D eigenvalue weighted by atomic mass is 10.0. The van der Waals surface area contributed by atoms with Crippen LogP contribution in [0.15, 0.2) is 36.4 Å². The summed E-state index contributed by atoms with van der Waals surface area (Å²) >= 11 is 1.55. The summed E-state index contributed by atoms with van der Waals surface area (Å²) in [6.07, 6.45) is 0.595. The number of aliphatic carboxylic acids is 1. The van der Waals surface area contributed by atoms with Crippen LogP contribution in [0, 0.1) is 11.7 Å². The highest BCUT2D eigenvalue weighted by atomic mass is 32.1. The van der Waals surface area contributed by atoms with Crippen LogP contribution < -0.4 is 5.32 Å². The van der Waals surface area contributed by atoms with Crippen molar-refractivity contribution in [3.05, 3.63) is 47.1 Å². The SMILES string of the molecule is CC(C)C[C@H](NCc1ccc(-c2cccc(F)c2)s1)C(=O)O. The number of hydrogen-bond acceptors (Lipinski definition) is 3. The molecule has 0 aliphatic heterocycles. The van der Waals surface area contributed by atoms with Crippen molar-refractivity contribution < 1.29 is 14.3 Å². The Labute approximate surface area is 133 Å². The van der Waals surface area contributed by atoms with Gasteiger partial charge in [0.2, 0.25) is 0 Å². The van der Waals surface area contributed by atoms with Crippen LogP contribution in [0.1, 0.15) is 25.1 Å². The summed E-state index contributed by atoms with van der Waals surface area (Å²) < 4.78 is 13.3. The maximum Gasteiger partial charge on any atom is 0.320 e. The van der Waals surface area contributed by atoms with Gasteiger partial charge in [0, 0.05) is 16.3 Å². The van der Waals surface area contributed by atoms with Gasteiger partial charge < -0.3 is 5.11 Å². The molecule has 1 aromatic carbocycles. The Morgan fingerprint density at radius 1 is 1.32 bits per heavy atom. The van der Waals surface area contributed by atoms with Crippen LogP contribution >= 0.6 is 11.3 Å². The third kappa shape index (κ3) is 4.64. The van der Waals surface area contributed by atoms with Crippen molar-refractivity contribution in [3.8, 4) is 10.4 Å². The molecule has 0 saturated heterocycles. The average molecular weight is 321 g/mol. The fourth-order valence-electron chi connectivity index (χ4n) is 2.24. The molecule has 3 nitrogen and oxygen atoms in total. The Morgan fingerprint density at radius 2 is 2.09 bits per heavy atom. The van der Waals surface area contributed by atoms with E-state index in [9.17, 15) is 14.3 Å². The third-order valence-electron chi connectivity index (χ3n) is 3.30. The van der Waals surface area contributed by atoms with Crippen molar-refractivity contribution in [2.24, 2.45) is 5.92 Å². The van der Waals surface area contributed by atoms with E-state index in [1.807, 2.05) is 32.0 Å². The molecule has 2 N–H and O–H groups in total. The van der Waals surface area contributed by atoms with Crippen LogP contribution in [-0.4, -0.2) is 17.1 Å². The van der Waals surface area contributed by atoms with Crippen molar-refractivity contribution in [3.63, 3.8) is 0 Å². The highest BCUT2D eigenvalue weighted by Crippen LogP contribution is 2.28. The van der Waals surface area contributed by atoms with Gasteiger partial charge in [0.05, 0.1) is 0 Å². The van der Waals surface area contributed by atoms with Crippen molar-refractivity contribution in [2.75, 3.05) is 0 Å². The zero-order valence-corrected chi connectivity index (χ0v) is 13.5. The topological polar surface area (TPSA) is 49.3 Å². The fourth-order valence-corrected chi connectivity index (χ4v) is 3.19. The molecule has 5 heteroatoms. The third-order valence-corrected chi connectivity index (χ3v) is 4.43. The summed E-state index contributed by atoms with van der Waals surface area (Å²) in [6.45, 7) is 4.51. The molecule has 0 amide bonds. The van der Waals surface area contributed by atoms with Crippen molar-refractivity contribution in [1.29, 1.82) is 0 Å². The lowest BCUT2D eigenvalue weighted by Gasteiger charge is -2.15. The minimum absolute atomic E-state index is 0.256. The molecule has 1 atom stereocenters. The molecule has 1 heterocycles. The quantitative estimate of drug-likeness (QED) is 0.805. The van der Waals surface area contributed by atoms with Gasteiger partial charge in [0.1, 0.15) is 11.9 Å². The van der Waals surface area contributed by atoms with E-state index in [0.717, 1.165) is 15.3 Å². The first-order valence-electron chi connectivity index (χ1n) is 7.26. The van der Waals surface area contributed by atoms with E-state index < -0.39 is 12.0 Å². The Hall–Kier alpha value is -1.72. The van der Waals surface area contributed by atoms with Crippen LogP contribution in [0.5, 0.6) is 0 Å². The van der Waals surface area contributed by atoms with Crippen molar-refractivity contribution >= 4 is 17.3 Å². The van der Waals surface area contributed by atoms with Crippen LogP contribution in [0.25, 0.3) is 10.4 Å². The average Bonchev–Trinajstić information content (AvgIpc) is 2.91. The van der Waals surface area contributed by atoms with Gasteiger partial charge in [-0.1, -0.05) is 26.0 Å². The standard InChI is InChI=1S/C17H20FNO2S/c1-11(2)8-15(17(20)21)19-10-14-6-7-16(22-14)12-4-3-5-13(18)9-12/h3-7,9,11,15,19H,8,10H2,1-2H3,(H,20,21)/t15-/m0/s1.